The summed E-state index contributed by atoms with van der Waals surface area (Å²) in [5.74, 6) is 1.54. The number of hydrogen-bond acceptors (Lipinski definition) is 0. The predicted molar refractivity (Wildman–Crippen MR) is 179 cm³/mol. The highest BCUT2D eigenvalue weighted by molar-refractivity contribution is 4.83. The third-order valence-corrected chi connectivity index (χ3v) is 9.16. The second kappa shape index (κ2) is 29.7. The second-order valence-electron chi connectivity index (χ2n) is 13.0. The fourth-order valence-electron chi connectivity index (χ4n) is 6.44. The average molecular weight is 560 g/mol. The fourth-order valence-corrected chi connectivity index (χ4v) is 6.44. The molecule has 0 aliphatic carbocycles. The number of imidazole rings is 1. The lowest BCUT2D eigenvalue weighted by Crippen LogP contribution is -2.37. The SMILES string of the molecule is CCCCCCCCCCCCCCCCC[n+]1ccn(CCCCCCCCCCCCCCCC)c1CC. The largest absolute Gasteiger partial charge is 0.256 e. The molecule has 1 heterocycles. The Morgan fingerprint density at radius 1 is 0.425 bits per heavy atom. The van der Waals surface area contributed by atoms with Crippen LogP contribution in [0.15, 0.2) is 12.4 Å². The van der Waals surface area contributed by atoms with E-state index < -0.39 is 0 Å². The standard InChI is InChI=1S/C38H75N2/c1-4-7-9-11-13-15-17-19-21-23-25-27-29-31-33-35-40-37-36-39(38(40)6-3)34-32-30-28-26-24-22-20-18-16-14-12-10-8-5-2/h36-37H,4-35H2,1-3H3/q+1. The van der Waals surface area contributed by atoms with Crippen LogP contribution in [0.5, 0.6) is 0 Å². The van der Waals surface area contributed by atoms with Crippen LogP contribution in [0.4, 0.5) is 0 Å². The van der Waals surface area contributed by atoms with Crippen LogP contribution in [0.1, 0.15) is 213 Å². The Kier molecular flexibility index (Phi) is 27.6. The molecule has 40 heavy (non-hydrogen) atoms. The van der Waals surface area contributed by atoms with E-state index in [0.717, 1.165) is 6.42 Å². The first-order valence-electron chi connectivity index (χ1n) is 18.9. The third-order valence-electron chi connectivity index (χ3n) is 9.16. The zero-order valence-electron chi connectivity index (χ0n) is 28.2. The Bertz CT molecular complexity index is 619. The zero-order valence-corrected chi connectivity index (χ0v) is 28.2. The van der Waals surface area contributed by atoms with E-state index in [1.807, 2.05) is 0 Å². The molecule has 0 aliphatic rings. The molecule has 2 nitrogen and oxygen atoms in total. The highest BCUT2D eigenvalue weighted by atomic mass is 15.1. The summed E-state index contributed by atoms with van der Waals surface area (Å²) in [6, 6.07) is 0. The van der Waals surface area contributed by atoms with Crippen LogP contribution in [0.25, 0.3) is 0 Å². The highest BCUT2D eigenvalue weighted by Gasteiger charge is 2.14. The summed E-state index contributed by atoms with van der Waals surface area (Å²) in [6.07, 6.45) is 47.7. The van der Waals surface area contributed by atoms with Crippen LogP contribution >= 0.6 is 0 Å². The maximum atomic E-state index is 2.55. The van der Waals surface area contributed by atoms with Gasteiger partial charge in [0.15, 0.2) is 0 Å². The summed E-state index contributed by atoms with van der Waals surface area (Å²) in [7, 11) is 0. The topological polar surface area (TPSA) is 8.81 Å². The van der Waals surface area contributed by atoms with Gasteiger partial charge in [-0.15, -0.1) is 0 Å². The Hall–Kier alpha value is -0.790. The lowest BCUT2D eigenvalue weighted by Gasteiger charge is -2.05. The van der Waals surface area contributed by atoms with Crippen molar-refractivity contribution in [2.45, 2.75) is 226 Å². The van der Waals surface area contributed by atoms with E-state index in [-0.39, 0.29) is 0 Å². The molecule has 0 fully saturated rings. The first-order valence-corrected chi connectivity index (χ1v) is 18.9. The Morgan fingerprint density at radius 3 is 1.10 bits per heavy atom. The van der Waals surface area contributed by atoms with Gasteiger partial charge in [0, 0.05) is 6.42 Å². The molecule has 0 unspecified atom stereocenters. The van der Waals surface area contributed by atoms with Crippen molar-refractivity contribution in [3.8, 4) is 0 Å². The molecule has 1 rings (SSSR count). The summed E-state index contributed by atoms with van der Waals surface area (Å²) < 4.78 is 5.10. The highest BCUT2D eigenvalue weighted by Crippen LogP contribution is 2.15. The number of aromatic nitrogens is 2. The average Bonchev–Trinajstić information content (AvgIpc) is 3.36. The summed E-state index contributed by atoms with van der Waals surface area (Å²) in [4.78, 5) is 0. The van der Waals surface area contributed by atoms with E-state index in [0.29, 0.717) is 0 Å². The van der Waals surface area contributed by atoms with E-state index in [1.165, 1.54) is 199 Å². The third kappa shape index (κ3) is 21.9. The van der Waals surface area contributed by atoms with Crippen molar-refractivity contribution in [3.63, 3.8) is 0 Å². The van der Waals surface area contributed by atoms with Crippen molar-refractivity contribution in [1.29, 1.82) is 0 Å². The van der Waals surface area contributed by atoms with Crippen LogP contribution in [-0.2, 0) is 19.5 Å². The summed E-state index contributed by atoms with van der Waals surface area (Å²) in [6.45, 7) is 9.38. The van der Waals surface area contributed by atoms with E-state index in [4.69, 9.17) is 0 Å². The fraction of sp³-hybridized carbons (Fsp3) is 0.921. The Balaban J connectivity index is 1.94. The molecular weight excluding hydrogens is 484 g/mol. The van der Waals surface area contributed by atoms with E-state index in [1.54, 1.807) is 5.82 Å². The van der Waals surface area contributed by atoms with Gasteiger partial charge in [-0.2, -0.15) is 0 Å². The van der Waals surface area contributed by atoms with Crippen LogP contribution in [0.2, 0.25) is 0 Å². The number of hydrogen-bond donors (Lipinski definition) is 0. The molecule has 0 bridgehead atoms. The van der Waals surface area contributed by atoms with Gasteiger partial charge in [-0.3, -0.25) is 0 Å². The van der Waals surface area contributed by atoms with Crippen molar-refractivity contribution < 1.29 is 4.57 Å². The van der Waals surface area contributed by atoms with Crippen molar-refractivity contribution in [3.05, 3.63) is 18.2 Å². The van der Waals surface area contributed by atoms with Crippen LogP contribution < -0.4 is 4.57 Å². The first-order chi connectivity index (χ1) is 19.8. The van der Waals surface area contributed by atoms with Gasteiger partial charge in [0.25, 0.3) is 5.82 Å². The molecule has 2 heteroatoms. The van der Waals surface area contributed by atoms with Gasteiger partial charge in [-0.25, -0.2) is 9.13 Å². The molecule has 1 aromatic rings. The van der Waals surface area contributed by atoms with Crippen molar-refractivity contribution in [2.24, 2.45) is 0 Å². The van der Waals surface area contributed by atoms with Gasteiger partial charge < -0.3 is 0 Å². The Labute approximate surface area is 253 Å². The molecule has 0 aromatic carbocycles. The maximum absolute atomic E-state index is 2.55. The molecule has 0 saturated carbocycles. The zero-order chi connectivity index (χ0) is 28.8. The predicted octanol–water partition coefficient (Wildman–Crippen LogP) is 12.7. The Morgan fingerprint density at radius 2 is 0.750 bits per heavy atom. The van der Waals surface area contributed by atoms with Gasteiger partial charge in [0.1, 0.15) is 12.4 Å². The van der Waals surface area contributed by atoms with E-state index in [2.05, 4.69) is 42.3 Å². The van der Waals surface area contributed by atoms with Gasteiger partial charge in [-0.05, 0) is 25.7 Å². The first kappa shape index (κ1) is 37.2. The summed E-state index contributed by atoms with van der Waals surface area (Å²) in [5, 5.41) is 0. The quantitative estimate of drug-likeness (QED) is 0.0613. The molecule has 236 valence electrons. The van der Waals surface area contributed by atoms with Gasteiger partial charge in [0.05, 0.1) is 13.1 Å². The smallest absolute Gasteiger partial charge is 0.234 e. The molecule has 0 spiro atoms. The molecular formula is C38H75N2+. The van der Waals surface area contributed by atoms with E-state index in [9.17, 15) is 0 Å². The minimum atomic E-state index is 1.16. The van der Waals surface area contributed by atoms with Gasteiger partial charge in [0.2, 0.25) is 0 Å². The molecule has 0 amide bonds. The van der Waals surface area contributed by atoms with Crippen molar-refractivity contribution in [1.82, 2.24) is 4.57 Å². The number of nitrogens with zero attached hydrogens (tertiary/aromatic N) is 2. The lowest BCUT2D eigenvalue weighted by molar-refractivity contribution is -0.704. The number of aryl methyl sites for hydroxylation is 2. The van der Waals surface area contributed by atoms with Crippen LogP contribution in [0.3, 0.4) is 0 Å². The maximum Gasteiger partial charge on any atom is 0.256 e. The lowest BCUT2D eigenvalue weighted by atomic mass is 10.0. The van der Waals surface area contributed by atoms with E-state index >= 15 is 0 Å². The molecule has 0 aliphatic heterocycles. The monoisotopic (exact) mass is 560 g/mol. The molecule has 0 atom stereocenters. The minimum Gasteiger partial charge on any atom is -0.234 e. The molecule has 0 N–H and O–H groups in total. The number of rotatable bonds is 32. The van der Waals surface area contributed by atoms with Gasteiger partial charge >= 0.3 is 0 Å². The second-order valence-corrected chi connectivity index (χ2v) is 13.0. The van der Waals surface area contributed by atoms with Crippen LogP contribution in [-0.4, -0.2) is 4.57 Å². The molecule has 1 aromatic heterocycles. The summed E-state index contributed by atoms with van der Waals surface area (Å²) in [5.41, 5.74) is 0. The normalized spacial score (nSPS) is 11.6. The van der Waals surface area contributed by atoms with Crippen LogP contribution in [0, 0.1) is 0 Å². The summed E-state index contributed by atoms with van der Waals surface area (Å²) >= 11 is 0. The van der Waals surface area contributed by atoms with Crippen molar-refractivity contribution in [2.75, 3.05) is 0 Å². The molecule has 0 radical (unpaired) electrons. The van der Waals surface area contributed by atoms with Gasteiger partial charge in [-0.1, -0.05) is 181 Å². The number of unbranched alkanes of at least 4 members (excludes halogenated alkanes) is 27. The minimum absolute atomic E-state index is 1.16. The molecule has 0 saturated heterocycles. The van der Waals surface area contributed by atoms with Crippen molar-refractivity contribution >= 4 is 0 Å².